The number of ether oxygens (including phenoxy) is 2. The molecule has 9 nitrogen and oxygen atoms in total. The molecule has 0 saturated carbocycles. The molecule has 0 spiro atoms. The second-order valence-corrected chi connectivity index (χ2v) is 11.7. The van der Waals surface area contributed by atoms with Crippen LogP contribution in [-0.4, -0.2) is 57.3 Å². The van der Waals surface area contributed by atoms with Gasteiger partial charge in [0.1, 0.15) is 11.4 Å². The minimum absolute atomic E-state index is 0.0274. The number of carbonyl (C=O) groups excluding carboxylic acids is 2. The first-order chi connectivity index (χ1) is 19.5. The van der Waals surface area contributed by atoms with E-state index in [1.165, 1.54) is 0 Å². The highest BCUT2D eigenvalue weighted by Crippen LogP contribution is 2.32. The molecule has 0 aliphatic carbocycles. The van der Waals surface area contributed by atoms with Gasteiger partial charge in [0.05, 0.1) is 24.1 Å². The Bertz CT molecular complexity index is 1580. The molecule has 5 rings (SSSR count). The molecule has 1 aliphatic rings. The van der Waals surface area contributed by atoms with E-state index < -0.39 is 5.60 Å². The van der Waals surface area contributed by atoms with Gasteiger partial charge in [-0.05, 0) is 82.5 Å². The minimum atomic E-state index is -0.561. The maximum absolute atomic E-state index is 13.7. The summed E-state index contributed by atoms with van der Waals surface area (Å²) in [4.78, 5) is 33.0. The maximum atomic E-state index is 13.7. The molecule has 214 valence electrons. The highest BCUT2D eigenvalue weighted by molar-refractivity contribution is 6.31. The predicted octanol–water partition coefficient (Wildman–Crippen LogP) is 6.73. The van der Waals surface area contributed by atoms with Gasteiger partial charge in [-0.15, -0.1) is 0 Å². The van der Waals surface area contributed by atoms with Crippen molar-refractivity contribution in [2.45, 2.75) is 52.1 Å². The highest BCUT2D eigenvalue weighted by atomic mass is 35.5. The van der Waals surface area contributed by atoms with Crippen molar-refractivity contribution in [2.75, 3.05) is 25.5 Å². The van der Waals surface area contributed by atoms with E-state index in [9.17, 15) is 9.59 Å². The average Bonchev–Trinajstić information content (AvgIpc) is 3.37. The van der Waals surface area contributed by atoms with Gasteiger partial charge in [0.2, 0.25) is 0 Å². The Morgan fingerprint density at radius 1 is 1.05 bits per heavy atom. The van der Waals surface area contributed by atoms with Crippen molar-refractivity contribution in [1.29, 1.82) is 0 Å². The third-order valence-corrected chi connectivity index (χ3v) is 7.48. The first-order valence-corrected chi connectivity index (χ1v) is 14.0. The molecular weight excluding hydrogens is 542 g/mol. The number of rotatable bonds is 5. The van der Waals surface area contributed by atoms with E-state index in [2.05, 4.69) is 5.32 Å². The molecule has 0 bridgehead atoms. The fourth-order valence-electron chi connectivity index (χ4n) is 4.86. The molecule has 1 saturated heterocycles. The molecule has 1 aliphatic heterocycles. The minimum Gasteiger partial charge on any atom is -0.497 e. The number of nitrogens with one attached hydrogen (secondary N) is 1. The van der Waals surface area contributed by atoms with Crippen molar-refractivity contribution in [1.82, 2.24) is 19.5 Å². The summed E-state index contributed by atoms with van der Waals surface area (Å²) < 4.78 is 12.5. The van der Waals surface area contributed by atoms with Crippen LogP contribution >= 0.6 is 11.6 Å². The predicted molar refractivity (Wildman–Crippen MR) is 159 cm³/mol. The van der Waals surface area contributed by atoms with Crippen LogP contribution in [0.3, 0.4) is 0 Å². The van der Waals surface area contributed by atoms with Gasteiger partial charge in [-0.3, -0.25) is 4.79 Å². The van der Waals surface area contributed by atoms with Crippen molar-refractivity contribution < 1.29 is 19.1 Å². The molecule has 0 atom stereocenters. The van der Waals surface area contributed by atoms with E-state index in [1.807, 2.05) is 70.2 Å². The fourth-order valence-corrected chi connectivity index (χ4v) is 5.04. The van der Waals surface area contributed by atoms with E-state index in [0.29, 0.717) is 53.5 Å². The van der Waals surface area contributed by atoms with Crippen LogP contribution in [0.15, 0.2) is 54.7 Å². The van der Waals surface area contributed by atoms with Crippen LogP contribution in [0, 0.1) is 6.92 Å². The lowest BCUT2D eigenvalue weighted by Gasteiger charge is -2.33. The number of carbonyl (C=O) groups is 2. The molecule has 41 heavy (non-hydrogen) atoms. The molecule has 0 radical (unpaired) electrons. The summed E-state index contributed by atoms with van der Waals surface area (Å²) >= 11 is 6.31. The number of anilines is 1. The van der Waals surface area contributed by atoms with Crippen molar-refractivity contribution in [3.63, 3.8) is 0 Å². The first-order valence-electron chi connectivity index (χ1n) is 13.6. The monoisotopic (exact) mass is 575 g/mol. The molecule has 10 heteroatoms. The summed E-state index contributed by atoms with van der Waals surface area (Å²) in [6.07, 6.45) is 2.71. The average molecular weight is 576 g/mol. The van der Waals surface area contributed by atoms with Gasteiger partial charge < -0.3 is 19.7 Å². The Hall–Kier alpha value is -4.11. The third kappa shape index (κ3) is 6.46. The highest BCUT2D eigenvalue weighted by Gasteiger charge is 2.31. The van der Waals surface area contributed by atoms with Crippen LogP contribution in [0.5, 0.6) is 5.75 Å². The zero-order valence-electron chi connectivity index (χ0n) is 23.9. The molecule has 4 aromatic rings. The molecule has 2 amide bonds. The molecule has 1 fully saturated rings. The number of fused-ring (bicyclic) bond motifs is 1. The Morgan fingerprint density at radius 3 is 2.39 bits per heavy atom. The van der Waals surface area contributed by atoms with E-state index in [1.54, 1.807) is 28.8 Å². The number of aryl methyl sites for hydroxylation is 1. The van der Waals surface area contributed by atoms with Gasteiger partial charge >= 0.3 is 6.09 Å². The van der Waals surface area contributed by atoms with Crippen molar-refractivity contribution in [2.24, 2.45) is 0 Å². The Balaban J connectivity index is 1.47. The number of benzene rings is 2. The molecule has 1 N–H and O–H groups in total. The number of halogens is 1. The second kappa shape index (κ2) is 11.4. The number of amides is 2. The number of hydrogen-bond acceptors (Lipinski definition) is 6. The van der Waals surface area contributed by atoms with Crippen LogP contribution < -0.4 is 10.1 Å². The number of hydrogen-bond donors (Lipinski definition) is 1. The fraction of sp³-hybridized carbons (Fsp3) is 0.355. The summed E-state index contributed by atoms with van der Waals surface area (Å²) in [5, 5.41) is 8.26. The van der Waals surface area contributed by atoms with Crippen LogP contribution in [0.2, 0.25) is 5.02 Å². The normalized spacial score (nSPS) is 14.2. The van der Waals surface area contributed by atoms with E-state index in [0.717, 1.165) is 22.6 Å². The van der Waals surface area contributed by atoms with Gasteiger partial charge in [-0.1, -0.05) is 17.7 Å². The zero-order valence-corrected chi connectivity index (χ0v) is 24.7. The molecule has 2 aromatic carbocycles. The summed E-state index contributed by atoms with van der Waals surface area (Å²) in [7, 11) is 1.63. The summed E-state index contributed by atoms with van der Waals surface area (Å²) in [5.41, 5.74) is 4.33. The third-order valence-electron chi connectivity index (χ3n) is 7.07. The Kier molecular flexibility index (Phi) is 7.91. The standard InChI is InChI=1S/C31H34ClN5O4/c1-19-6-9-22(16-25(19)32)33-29(38)24-18-37-27(17-26(35-37)20-7-10-23(40-5)11-8-20)34-28(24)21-12-14-36(15-13-21)30(39)41-31(2,3)4/h6-11,16-18,21H,12-15H2,1-5H3,(H,33,38). The van der Waals surface area contributed by atoms with Crippen LogP contribution in [0.1, 0.15) is 61.1 Å². The van der Waals surface area contributed by atoms with Crippen LogP contribution in [0.4, 0.5) is 10.5 Å². The van der Waals surface area contributed by atoms with Gasteiger partial charge in [0.15, 0.2) is 5.65 Å². The lowest BCUT2D eigenvalue weighted by atomic mass is 9.90. The lowest BCUT2D eigenvalue weighted by molar-refractivity contribution is 0.0203. The van der Waals surface area contributed by atoms with Gasteiger partial charge in [-0.2, -0.15) is 5.10 Å². The van der Waals surface area contributed by atoms with Gasteiger partial charge in [0, 0.05) is 47.5 Å². The second-order valence-electron chi connectivity index (χ2n) is 11.3. The van der Waals surface area contributed by atoms with E-state index in [4.69, 9.17) is 31.2 Å². The molecular formula is C31H34ClN5O4. The maximum Gasteiger partial charge on any atom is 0.410 e. The van der Waals surface area contributed by atoms with Crippen LogP contribution in [-0.2, 0) is 4.74 Å². The Morgan fingerprint density at radius 2 is 1.76 bits per heavy atom. The molecule has 0 unspecified atom stereocenters. The number of piperidine rings is 1. The smallest absolute Gasteiger partial charge is 0.410 e. The van der Waals surface area contributed by atoms with Crippen molar-refractivity contribution in [3.8, 4) is 17.0 Å². The SMILES string of the molecule is COc1ccc(-c2cc3nc(C4CCN(C(=O)OC(C)(C)C)CC4)c(C(=O)Nc4ccc(C)c(Cl)c4)cn3n2)cc1. The topological polar surface area (TPSA) is 98.1 Å². The molecule has 2 aromatic heterocycles. The first kappa shape index (κ1) is 28.4. The van der Waals surface area contributed by atoms with E-state index >= 15 is 0 Å². The van der Waals surface area contributed by atoms with Crippen molar-refractivity contribution in [3.05, 3.63) is 76.6 Å². The number of aromatic nitrogens is 3. The summed E-state index contributed by atoms with van der Waals surface area (Å²) in [5.74, 6) is 0.427. The molecule has 3 heterocycles. The number of nitrogens with zero attached hydrogens (tertiary/aromatic N) is 4. The van der Waals surface area contributed by atoms with Crippen molar-refractivity contribution >= 4 is 34.9 Å². The zero-order chi connectivity index (χ0) is 29.3. The quantitative estimate of drug-likeness (QED) is 0.283. The van der Waals surface area contributed by atoms with Gasteiger partial charge in [0.25, 0.3) is 5.91 Å². The number of methoxy groups -OCH3 is 1. The number of likely N-dealkylation sites (tertiary alicyclic amines) is 1. The van der Waals surface area contributed by atoms with Gasteiger partial charge in [-0.25, -0.2) is 14.3 Å². The van der Waals surface area contributed by atoms with E-state index in [-0.39, 0.29) is 17.9 Å². The van der Waals surface area contributed by atoms with Crippen LogP contribution in [0.25, 0.3) is 16.9 Å². The largest absolute Gasteiger partial charge is 0.497 e. The Labute approximate surface area is 244 Å². The summed E-state index contributed by atoms with van der Waals surface area (Å²) in [6, 6.07) is 14.9. The summed E-state index contributed by atoms with van der Waals surface area (Å²) in [6.45, 7) is 8.50. The lowest BCUT2D eigenvalue weighted by Crippen LogP contribution is -2.41.